The Morgan fingerprint density at radius 1 is 1.24 bits per heavy atom. The highest BCUT2D eigenvalue weighted by molar-refractivity contribution is 4.97. The number of hydrogen-bond acceptors (Lipinski definition) is 2. The van der Waals surface area contributed by atoms with Gasteiger partial charge in [0.05, 0.1) is 0 Å². The molecule has 0 spiro atoms. The van der Waals surface area contributed by atoms with Crippen LogP contribution in [0.4, 0.5) is 0 Å². The maximum absolute atomic E-state index is 3.73. The minimum absolute atomic E-state index is 0.346. The monoisotopic (exact) mass is 238 g/mol. The molecule has 2 fully saturated rings. The van der Waals surface area contributed by atoms with Crippen molar-refractivity contribution >= 4 is 0 Å². The first-order valence-corrected chi connectivity index (χ1v) is 7.59. The zero-order valence-electron chi connectivity index (χ0n) is 12.0. The second kappa shape index (κ2) is 5.27. The number of rotatable bonds is 5. The van der Waals surface area contributed by atoms with Gasteiger partial charge in [-0.25, -0.2) is 0 Å². The molecule has 0 bridgehead atoms. The summed E-state index contributed by atoms with van der Waals surface area (Å²) in [6, 6.07) is 0. The molecule has 0 aromatic heterocycles. The summed E-state index contributed by atoms with van der Waals surface area (Å²) in [5.41, 5.74) is 1.06. The molecule has 1 heterocycles. The van der Waals surface area contributed by atoms with Gasteiger partial charge in [-0.3, -0.25) is 0 Å². The van der Waals surface area contributed by atoms with Crippen molar-refractivity contribution in [2.75, 3.05) is 26.2 Å². The lowest BCUT2D eigenvalue weighted by atomic mass is 9.96. The van der Waals surface area contributed by atoms with Crippen LogP contribution >= 0.6 is 0 Å². The Bertz CT molecular complexity index is 247. The molecule has 1 atom stereocenters. The molecule has 17 heavy (non-hydrogen) atoms. The molecule has 2 heteroatoms. The van der Waals surface area contributed by atoms with Crippen molar-refractivity contribution in [1.82, 2.24) is 10.2 Å². The average molecular weight is 238 g/mol. The first-order valence-electron chi connectivity index (χ1n) is 7.59. The van der Waals surface area contributed by atoms with E-state index in [0.717, 1.165) is 0 Å². The second-order valence-electron chi connectivity index (χ2n) is 6.66. The highest BCUT2D eigenvalue weighted by atomic mass is 15.2. The fourth-order valence-electron chi connectivity index (χ4n) is 3.36. The van der Waals surface area contributed by atoms with E-state index < -0.39 is 0 Å². The molecule has 0 radical (unpaired) electrons. The molecule has 1 aliphatic heterocycles. The Hall–Kier alpha value is -0.0800. The highest BCUT2D eigenvalue weighted by Crippen LogP contribution is 2.50. The molecule has 1 saturated heterocycles. The number of nitrogens with one attached hydrogen (secondary N) is 1. The normalized spacial score (nSPS) is 33.4. The van der Waals surface area contributed by atoms with Crippen LogP contribution in [0.25, 0.3) is 0 Å². The van der Waals surface area contributed by atoms with Gasteiger partial charge in [-0.1, -0.05) is 20.3 Å². The van der Waals surface area contributed by atoms with Crippen LogP contribution < -0.4 is 5.32 Å². The number of nitrogens with zero attached hydrogens (tertiary/aromatic N) is 1. The van der Waals surface area contributed by atoms with Gasteiger partial charge >= 0.3 is 0 Å². The summed E-state index contributed by atoms with van der Waals surface area (Å²) in [5.74, 6) is 0. The van der Waals surface area contributed by atoms with Crippen LogP contribution in [0, 0.1) is 5.41 Å². The van der Waals surface area contributed by atoms with Gasteiger partial charge in [0.15, 0.2) is 0 Å². The summed E-state index contributed by atoms with van der Waals surface area (Å²) in [5, 5.41) is 3.73. The molecule has 100 valence electrons. The van der Waals surface area contributed by atoms with Gasteiger partial charge in [-0.15, -0.1) is 0 Å². The summed E-state index contributed by atoms with van der Waals surface area (Å²) in [6.45, 7) is 12.1. The molecule has 2 nitrogen and oxygen atoms in total. The summed E-state index contributed by atoms with van der Waals surface area (Å²) in [4.78, 5) is 2.74. The van der Waals surface area contributed by atoms with E-state index in [9.17, 15) is 0 Å². The molecule has 1 aliphatic carbocycles. The van der Waals surface area contributed by atoms with Crippen LogP contribution in [-0.4, -0.2) is 36.6 Å². The van der Waals surface area contributed by atoms with Crippen molar-refractivity contribution in [1.29, 1.82) is 0 Å². The summed E-state index contributed by atoms with van der Waals surface area (Å²) in [6.07, 6.45) is 8.32. The Kier molecular flexibility index (Phi) is 4.14. The predicted molar refractivity (Wildman–Crippen MR) is 74.3 cm³/mol. The van der Waals surface area contributed by atoms with Gasteiger partial charge in [0.1, 0.15) is 0 Å². The van der Waals surface area contributed by atoms with Crippen molar-refractivity contribution in [3.8, 4) is 0 Å². The molecule has 1 N–H and O–H groups in total. The van der Waals surface area contributed by atoms with E-state index in [2.05, 4.69) is 31.0 Å². The van der Waals surface area contributed by atoms with E-state index in [1.165, 1.54) is 64.7 Å². The van der Waals surface area contributed by atoms with Crippen molar-refractivity contribution in [3.05, 3.63) is 0 Å². The van der Waals surface area contributed by atoms with Gasteiger partial charge in [-0.2, -0.15) is 0 Å². The SMILES string of the molecule is CCCC1(CN2CCCNC(C)(CC)C2)CC1. The van der Waals surface area contributed by atoms with Crippen LogP contribution in [0.15, 0.2) is 0 Å². The molecule has 2 rings (SSSR count). The average Bonchev–Trinajstić information content (AvgIpc) is 3.06. The lowest BCUT2D eigenvalue weighted by Crippen LogP contribution is -2.49. The minimum atomic E-state index is 0.346. The molecular weight excluding hydrogens is 208 g/mol. The summed E-state index contributed by atoms with van der Waals surface area (Å²) in [7, 11) is 0. The van der Waals surface area contributed by atoms with E-state index in [-0.39, 0.29) is 0 Å². The fraction of sp³-hybridized carbons (Fsp3) is 1.00. The third kappa shape index (κ3) is 3.45. The highest BCUT2D eigenvalue weighted by Gasteiger charge is 2.43. The van der Waals surface area contributed by atoms with Crippen LogP contribution in [-0.2, 0) is 0 Å². The summed E-state index contributed by atoms with van der Waals surface area (Å²) >= 11 is 0. The van der Waals surface area contributed by atoms with Crippen molar-refractivity contribution in [2.24, 2.45) is 5.41 Å². The van der Waals surface area contributed by atoms with Crippen LogP contribution in [0.5, 0.6) is 0 Å². The zero-order valence-corrected chi connectivity index (χ0v) is 12.0. The largest absolute Gasteiger partial charge is 0.310 e. The first kappa shape index (κ1) is 13.4. The van der Waals surface area contributed by atoms with Crippen LogP contribution in [0.3, 0.4) is 0 Å². The minimum Gasteiger partial charge on any atom is -0.310 e. The molecule has 2 aliphatic rings. The molecule has 1 saturated carbocycles. The zero-order chi connectivity index (χ0) is 12.4. The summed E-state index contributed by atoms with van der Waals surface area (Å²) < 4.78 is 0. The Labute approximate surface area is 107 Å². The molecule has 0 amide bonds. The topological polar surface area (TPSA) is 15.3 Å². The Morgan fingerprint density at radius 2 is 2.00 bits per heavy atom. The standard InChI is InChI=1S/C15H30N2/c1-4-7-15(8-9-15)13-17-11-6-10-16-14(3,5-2)12-17/h16H,4-13H2,1-3H3. The number of hydrogen-bond donors (Lipinski definition) is 1. The van der Waals surface area contributed by atoms with Gasteiger partial charge in [0.2, 0.25) is 0 Å². The smallest absolute Gasteiger partial charge is 0.0277 e. The fourth-order valence-corrected chi connectivity index (χ4v) is 3.36. The van der Waals surface area contributed by atoms with Gasteiger partial charge in [0.25, 0.3) is 0 Å². The Morgan fingerprint density at radius 3 is 2.59 bits per heavy atom. The Balaban J connectivity index is 1.91. The molecule has 0 aromatic carbocycles. The predicted octanol–water partition coefficient (Wildman–Crippen LogP) is 3.03. The van der Waals surface area contributed by atoms with E-state index in [0.29, 0.717) is 11.0 Å². The van der Waals surface area contributed by atoms with Crippen LogP contribution in [0.2, 0.25) is 0 Å². The third-order valence-electron chi connectivity index (χ3n) is 4.85. The quantitative estimate of drug-likeness (QED) is 0.792. The molecule has 0 aromatic rings. The lowest BCUT2D eigenvalue weighted by molar-refractivity contribution is 0.175. The second-order valence-corrected chi connectivity index (χ2v) is 6.66. The van der Waals surface area contributed by atoms with Crippen molar-refractivity contribution in [2.45, 2.75) is 64.8 Å². The van der Waals surface area contributed by atoms with E-state index in [1.807, 2.05) is 0 Å². The van der Waals surface area contributed by atoms with Gasteiger partial charge in [-0.05, 0) is 57.5 Å². The van der Waals surface area contributed by atoms with Crippen molar-refractivity contribution in [3.63, 3.8) is 0 Å². The maximum atomic E-state index is 3.73. The molecular formula is C15H30N2. The van der Waals surface area contributed by atoms with Crippen LogP contribution in [0.1, 0.15) is 59.3 Å². The van der Waals surface area contributed by atoms with E-state index in [4.69, 9.17) is 0 Å². The van der Waals surface area contributed by atoms with Gasteiger partial charge < -0.3 is 10.2 Å². The maximum Gasteiger partial charge on any atom is 0.0277 e. The van der Waals surface area contributed by atoms with Gasteiger partial charge in [0, 0.05) is 18.6 Å². The lowest BCUT2D eigenvalue weighted by Gasteiger charge is -2.34. The third-order valence-corrected chi connectivity index (χ3v) is 4.85. The van der Waals surface area contributed by atoms with E-state index in [1.54, 1.807) is 0 Å². The molecule has 1 unspecified atom stereocenters. The van der Waals surface area contributed by atoms with E-state index >= 15 is 0 Å². The first-order chi connectivity index (χ1) is 8.11. The van der Waals surface area contributed by atoms with Crippen molar-refractivity contribution < 1.29 is 0 Å².